The van der Waals surface area contributed by atoms with Crippen LogP contribution in [-0.2, 0) is 16.0 Å². The molecule has 26 heavy (non-hydrogen) atoms. The molecule has 2 atom stereocenters. The van der Waals surface area contributed by atoms with E-state index in [0.29, 0.717) is 30.3 Å². The molecule has 0 aliphatic carbocycles. The highest BCUT2D eigenvalue weighted by Crippen LogP contribution is 2.39. The van der Waals surface area contributed by atoms with Gasteiger partial charge in [-0.3, -0.25) is 4.79 Å². The van der Waals surface area contributed by atoms with E-state index in [0.717, 1.165) is 11.1 Å². The Labute approximate surface area is 152 Å². The zero-order chi connectivity index (χ0) is 18.7. The molecule has 6 heteroatoms. The summed E-state index contributed by atoms with van der Waals surface area (Å²) in [6, 6.07) is 10.7. The lowest BCUT2D eigenvalue weighted by Crippen LogP contribution is -2.16. The van der Waals surface area contributed by atoms with E-state index >= 15 is 0 Å². The number of methoxy groups -OCH3 is 3. The molecule has 2 unspecified atom stereocenters. The minimum atomic E-state index is -0.405. The Morgan fingerprint density at radius 1 is 1.00 bits per heavy atom. The zero-order valence-corrected chi connectivity index (χ0v) is 15.0. The van der Waals surface area contributed by atoms with Crippen molar-refractivity contribution in [3.05, 3.63) is 47.5 Å². The summed E-state index contributed by atoms with van der Waals surface area (Å²) in [5.74, 6) is 1.01. The van der Waals surface area contributed by atoms with Crippen LogP contribution in [0, 0.1) is 5.92 Å². The predicted octanol–water partition coefficient (Wildman–Crippen LogP) is 2.92. The van der Waals surface area contributed by atoms with Gasteiger partial charge in [-0.2, -0.15) is 0 Å². The molecule has 0 spiro atoms. The van der Waals surface area contributed by atoms with Crippen molar-refractivity contribution in [3.63, 3.8) is 0 Å². The van der Waals surface area contributed by atoms with Gasteiger partial charge < -0.3 is 24.1 Å². The fraction of sp³-hybridized carbons (Fsp3) is 0.350. The number of rotatable bonds is 6. The van der Waals surface area contributed by atoms with Crippen LogP contribution in [0.2, 0.25) is 0 Å². The molecular formula is C20H22O6. The molecule has 1 fully saturated rings. The third-order valence-corrected chi connectivity index (χ3v) is 4.67. The second-order valence-electron chi connectivity index (χ2n) is 6.19. The molecule has 138 valence electrons. The van der Waals surface area contributed by atoms with E-state index in [1.165, 1.54) is 13.2 Å². The first-order valence-corrected chi connectivity index (χ1v) is 8.31. The lowest BCUT2D eigenvalue weighted by molar-refractivity contribution is -0.139. The van der Waals surface area contributed by atoms with E-state index in [1.54, 1.807) is 26.4 Å². The number of benzene rings is 2. The van der Waals surface area contributed by atoms with Crippen molar-refractivity contribution in [3.8, 4) is 23.0 Å². The average Bonchev–Trinajstić information content (AvgIpc) is 3.02. The Morgan fingerprint density at radius 2 is 1.73 bits per heavy atom. The number of esters is 1. The average molecular weight is 358 g/mol. The Bertz CT molecular complexity index is 801. The van der Waals surface area contributed by atoms with Crippen LogP contribution >= 0.6 is 0 Å². The van der Waals surface area contributed by atoms with E-state index in [1.807, 2.05) is 18.2 Å². The molecule has 3 rings (SSSR count). The number of cyclic esters (lactones) is 1. The van der Waals surface area contributed by atoms with Crippen LogP contribution < -0.4 is 14.2 Å². The molecule has 1 heterocycles. The van der Waals surface area contributed by atoms with E-state index in [-0.39, 0.29) is 17.6 Å². The molecule has 1 aliphatic heterocycles. The normalized spacial score (nSPS) is 19.1. The summed E-state index contributed by atoms with van der Waals surface area (Å²) in [5, 5.41) is 9.78. The largest absolute Gasteiger partial charge is 0.504 e. The van der Waals surface area contributed by atoms with Gasteiger partial charge in [0.25, 0.3) is 0 Å². The molecule has 1 N–H and O–H groups in total. The smallest absolute Gasteiger partial charge is 0.313 e. The van der Waals surface area contributed by atoms with Gasteiger partial charge in [-0.05, 0) is 41.8 Å². The second-order valence-corrected chi connectivity index (χ2v) is 6.19. The number of ether oxygens (including phenoxy) is 4. The molecular weight excluding hydrogens is 336 g/mol. The fourth-order valence-corrected chi connectivity index (χ4v) is 3.35. The first kappa shape index (κ1) is 17.9. The van der Waals surface area contributed by atoms with Crippen molar-refractivity contribution in [1.29, 1.82) is 0 Å². The number of hydrogen-bond acceptors (Lipinski definition) is 6. The van der Waals surface area contributed by atoms with Crippen LogP contribution in [0.5, 0.6) is 23.0 Å². The monoisotopic (exact) mass is 358 g/mol. The van der Waals surface area contributed by atoms with Gasteiger partial charge >= 0.3 is 5.97 Å². The maximum Gasteiger partial charge on any atom is 0.313 e. The molecule has 0 saturated carbocycles. The summed E-state index contributed by atoms with van der Waals surface area (Å²) in [6.07, 6.45) is 0.653. The fourth-order valence-electron chi connectivity index (χ4n) is 3.35. The predicted molar refractivity (Wildman–Crippen MR) is 95.1 cm³/mol. The van der Waals surface area contributed by atoms with Gasteiger partial charge in [0.15, 0.2) is 23.0 Å². The van der Waals surface area contributed by atoms with Crippen LogP contribution in [-0.4, -0.2) is 39.0 Å². The van der Waals surface area contributed by atoms with E-state index in [2.05, 4.69) is 0 Å². The molecule has 2 aromatic rings. The van der Waals surface area contributed by atoms with Gasteiger partial charge in [0.05, 0.1) is 33.9 Å². The molecule has 1 saturated heterocycles. The van der Waals surface area contributed by atoms with Crippen LogP contribution in [0.3, 0.4) is 0 Å². The Morgan fingerprint density at radius 3 is 2.42 bits per heavy atom. The number of phenols is 1. The number of hydrogen-bond donors (Lipinski definition) is 1. The summed E-state index contributed by atoms with van der Waals surface area (Å²) >= 11 is 0. The van der Waals surface area contributed by atoms with Gasteiger partial charge in [-0.25, -0.2) is 0 Å². The summed E-state index contributed by atoms with van der Waals surface area (Å²) < 4.78 is 21.1. The second kappa shape index (κ2) is 7.56. The van der Waals surface area contributed by atoms with E-state index < -0.39 is 5.92 Å². The van der Waals surface area contributed by atoms with Crippen molar-refractivity contribution in [1.82, 2.24) is 0 Å². The summed E-state index contributed by atoms with van der Waals surface area (Å²) in [4.78, 5) is 12.3. The van der Waals surface area contributed by atoms with Gasteiger partial charge in [-0.1, -0.05) is 12.1 Å². The topological polar surface area (TPSA) is 74.2 Å². The SMILES string of the molecule is COc1cc(C2C(=O)OCC2Cc2ccc(OC)c(OC)c2)ccc1O. The maximum atomic E-state index is 12.3. The molecule has 0 radical (unpaired) electrons. The lowest BCUT2D eigenvalue weighted by Gasteiger charge is -2.17. The van der Waals surface area contributed by atoms with Crippen LogP contribution in [0.1, 0.15) is 17.0 Å². The third-order valence-electron chi connectivity index (χ3n) is 4.67. The van der Waals surface area contributed by atoms with E-state index in [9.17, 15) is 9.90 Å². The van der Waals surface area contributed by atoms with Gasteiger partial charge in [0.2, 0.25) is 0 Å². The highest BCUT2D eigenvalue weighted by Gasteiger charge is 2.38. The van der Waals surface area contributed by atoms with E-state index in [4.69, 9.17) is 18.9 Å². The summed E-state index contributed by atoms with van der Waals surface area (Å²) in [6.45, 7) is 0.348. The Hall–Kier alpha value is -2.89. The molecule has 6 nitrogen and oxygen atoms in total. The highest BCUT2D eigenvalue weighted by molar-refractivity contribution is 5.81. The summed E-state index contributed by atoms with van der Waals surface area (Å²) in [7, 11) is 4.66. The third kappa shape index (κ3) is 3.40. The minimum absolute atomic E-state index is 0.0187. The van der Waals surface area contributed by atoms with Gasteiger partial charge in [0.1, 0.15) is 0 Å². The molecule has 0 amide bonds. The van der Waals surface area contributed by atoms with Crippen molar-refractivity contribution in [2.45, 2.75) is 12.3 Å². The Kier molecular flexibility index (Phi) is 5.21. The van der Waals surface area contributed by atoms with Crippen molar-refractivity contribution >= 4 is 5.97 Å². The number of carbonyl (C=O) groups excluding carboxylic acids is 1. The number of phenolic OH excluding ortho intramolecular Hbond substituents is 1. The number of carbonyl (C=O) groups is 1. The number of aromatic hydroxyl groups is 1. The minimum Gasteiger partial charge on any atom is -0.504 e. The molecule has 2 aromatic carbocycles. The first-order valence-electron chi connectivity index (χ1n) is 8.31. The first-order chi connectivity index (χ1) is 12.6. The standard InChI is InChI=1S/C20H22O6/c1-23-16-7-4-12(9-18(16)25-3)8-14-11-26-20(22)19(14)13-5-6-15(21)17(10-13)24-2/h4-7,9-10,14,19,21H,8,11H2,1-3H3. The molecule has 0 bridgehead atoms. The Balaban J connectivity index is 1.86. The quantitative estimate of drug-likeness (QED) is 0.801. The van der Waals surface area contributed by atoms with Crippen molar-refractivity contribution in [2.75, 3.05) is 27.9 Å². The molecule has 0 aromatic heterocycles. The zero-order valence-electron chi connectivity index (χ0n) is 15.0. The van der Waals surface area contributed by atoms with Gasteiger partial charge in [-0.15, -0.1) is 0 Å². The van der Waals surface area contributed by atoms with Crippen molar-refractivity contribution in [2.24, 2.45) is 5.92 Å². The van der Waals surface area contributed by atoms with Gasteiger partial charge in [0, 0.05) is 5.92 Å². The molecule has 1 aliphatic rings. The van der Waals surface area contributed by atoms with Crippen LogP contribution in [0.15, 0.2) is 36.4 Å². The highest BCUT2D eigenvalue weighted by atomic mass is 16.5. The lowest BCUT2D eigenvalue weighted by atomic mass is 9.84. The van der Waals surface area contributed by atoms with Crippen LogP contribution in [0.4, 0.5) is 0 Å². The maximum absolute atomic E-state index is 12.3. The summed E-state index contributed by atoms with van der Waals surface area (Å²) in [5.41, 5.74) is 1.80. The van der Waals surface area contributed by atoms with Crippen molar-refractivity contribution < 1.29 is 28.8 Å². The van der Waals surface area contributed by atoms with Crippen LogP contribution in [0.25, 0.3) is 0 Å².